The maximum Gasteiger partial charge on any atom is 0.277 e. The summed E-state index contributed by atoms with van der Waals surface area (Å²) < 4.78 is 16.2. The van der Waals surface area contributed by atoms with Crippen LogP contribution in [-0.2, 0) is 4.79 Å². The van der Waals surface area contributed by atoms with Gasteiger partial charge in [0.1, 0.15) is 11.5 Å². The molecule has 7 nitrogen and oxygen atoms in total. The topological polar surface area (TPSA) is 86.5 Å². The zero-order valence-corrected chi connectivity index (χ0v) is 17.0. The smallest absolute Gasteiger partial charge is 0.277 e. The molecule has 0 aliphatic heterocycles. The highest BCUT2D eigenvalue weighted by Crippen LogP contribution is 2.34. The molecule has 2 aromatic carbocycles. The number of methoxy groups -OCH3 is 2. The van der Waals surface area contributed by atoms with E-state index in [9.17, 15) is 4.79 Å². The number of hydrogen-bond acceptors (Lipinski definition) is 7. The van der Waals surface area contributed by atoms with Gasteiger partial charge in [0.05, 0.1) is 25.0 Å². The van der Waals surface area contributed by atoms with Crippen LogP contribution in [0.2, 0.25) is 5.02 Å². The third kappa shape index (κ3) is 4.76. The average molecular weight is 420 g/mol. The van der Waals surface area contributed by atoms with Crippen molar-refractivity contribution in [3.63, 3.8) is 0 Å². The summed E-state index contributed by atoms with van der Waals surface area (Å²) in [5.41, 5.74) is 1.26. The third-order valence-electron chi connectivity index (χ3n) is 3.78. The van der Waals surface area contributed by atoms with E-state index < -0.39 is 5.25 Å². The standard InChI is InChI=1S/C19H18ClN3O4S/c1-11(17(24)21-13-6-4-5-12(20)9-13)28-19-23-22-18(27-19)15-8-7-14(25-2)10-16(15)26-3/h4-11H,1-3H3,(H,21,24). The molecule has 0 saturated carbocycles. The van der Waals surface area contributed by atoms with Crippen molar-refractivity contribution in [2.24, 2.45) is 0 Å². The van der Waals surface area contributed by atoms with Crippen molar-refractivity contribution in [1.29, 1.82) is 0 Å². The van der Waals surface area contributed by atoms with Crippen LogP contribution in [-0.4, -0.2) is 35.6 Å². The normalized spacial score (nSPS) is 11.7. The Balaban J connectivity index is 1.69. The molecule has 1 amide bonds. The Morgan fingerprint density at radius 1 is 1.18 bits per heavy atom. The quantitative estimate of drug-likeness (QED) is 0.563. The molecule has 0 fully saturated rings. The Morgan fingerprint density at radius 3 is 2.71 bits per heavy atom. The van der Waals surface area contributed by atoms with Gasteiger partial charge < -0.3 is 19.2 Å². The van der Waals surface area contributed by atoms with Crippen molar-refractivity contribution < 1.29 is 18.7 Å². The summed E-state index contributed by atoms with van der Waals surface area (Å²) in [6, 6.07) is 12.2. The predicted molar refractivity (Wildman–Crippen MR) is 108 cm³/mol. The van der Waals surface area contributed by atoms with Crippen molar-refractivity contribution in [3.8, 4) is 23.0 Å². The van der Waals surface area contributed by atoms with Crippen molar-refractivity contribution >= 4 is 35.0 Å². The number of carbonyl (C=O) groups excluding carboxylic acids is 1. The van der Waals surface area contributed by atoms with Crippen LogP contribution in [0.15, 0.2) is 52.1 Å². The summed E-state index contributed by atoms with van der Waals surface area (Å²) in [4.78, 5) is 12.4. The van der Waals surface area contributed by atoms with E-state index in [2.05, 4.69) is 15.5 Å². The summed E-state index contributed by atoms with van der Waals surface area (Å²) >= 11 is 7.10. The van der Waals surface area contributed by atoms with Gasteiger partial charge in [-0.15, -0.1) is 10.2 Å². The molecule has 3 rings (SSSR count). The van der Waals surface area contributed by atoms with Crippen LogP contribution in [0.4, 0.5) is 5.69 Å². The largest absolute Gasteiger partial charge is 0.497 e. The van der Waals surface area contributed by atoms with Crippen LogP contribution in [0.5, 0.6) is 11.5 Å². The number of hydrogen-bond donors (Lipinski definition) is 1. The molecule has 28 heavy (non-hydrogen) atoms. The molecule has 1 N–H and O–H groups in total. The van der Waals surface area contributed by atoms with E-state index in [4.69, 9.17) is 25.5 Å². The minimum absolute atomic E-state index is 0.200. The van der Waals surface area contributed by atoms with Gasteiger partial charge in [-0.05, 0) is 37.3 Å². The molecule has 0 aliphatic carbocycles. The zero-order chi connectivity index (χ0) is 20.1. The lowest BCUT2D eigenvalue weighted by molar-refractivity contribution is -0.115. The first kappa shape index (κ1) is 20.0. The van der Waals surface area contributed by atoms with E-state index in [1.54, 1.807) is 63.6 Å². The van der Waals surface area contributed by atoms with E-state index in [0.717, 1.165) is 11.8 Å². The van der Waals surface area contributed by atoms with Gasteiger partial charge in [-0.2, -0.15) is 0 Å². The fourth-order valence-corrected chi connectivity index (χ4v) is 3.23. The second kappa shape index (κ2) is 8.99. The summed E-state index contributed by atoms with van der Waals surface area (Å²) in [6.07, 6.45) is 0. The first-order chi connectivity index (χ1) is 13.5. The lowest BCUT2D eigenvalue weighted by atomic mass is 10.2. The zero-order valence-electron chi connectivity index (χ0n) is 15.4. The van der Waals surface area contributed by atoms with Crippen LogP contribution in [0.1, 0.15) is 6.92 Å². The van der Waals surface area contributed by atoms with Crippen LogP contribution in [0.25, 0.3) is 11.5 Å². The van der Waals surface area contributed by atoms with Gasteiger partial charge in [0, 0.05) is 16.8 Å². The van der Waals surface area contributed by atoms with E-state index in [-0.39, 0.29) is 11.1 Å². The van der Waals surface area contributed by atoms with Crippen molar-refractivity contribution in [2.45, 2.75) is 17.4 Å². The fourth-order valence-electron chi connectivity index (χ4n) is 2.36. The van der Waals surface area contributed by atoms with E-state index >= 15 is 0 Å². The first-order valence-corrected chi connectivity index (χ1v) is 9.55. The van der Waals surface area contributed by atoms with E-state index in [1.807, 2.05) is 0 Å². The average Bonchev–Trinajstić information content (AvgIpc) is 3.15. The number of amides is 1. The van der Waals surface area contributed by atoms with Crippen molar-refractivity contribution in [1.82, 2.24) is 10.2 Å². The maximum atomic E-state index is 12.4. The number of halogens is 1. The number of nitrogens with zero attached hydrogens (tertiary/aromatic N) is 2. The highest BCUT2D eigenvalue weighted by molar-refractivity contribution is 8.00. The first-order valence-electron chi connectivity index (χ1n) is 8.29. The Bertz CT molecular complexity index is 979. The maximum absolute atomic E-state index is 12.4. The Hall–Kier alpha value is -2.71. The summed E-state index contributed by atoms with van der Waals surface area (Å²) in [5.74, 6) is 1.30. The van der Waals surface area contributed by atoms with Gasteiger partial charge in [0.15, 0.2) is 0 Å². The van der Waals surface area contributed by atoms with Crippen LogP contribution in [0, 0.1) is 0 Å². The molecule has 1 aromatic heterocycles. The third-order valence-corrected chi connectivity index (χ3v) is 4.95. The second-order valence-electron chi connectivity index (χ2n) is 5.70. The number of thioether (sulfide) groups is 1. The Kier molecular flexibility index (Phi) is 6.43. The van der Waals surface area contributed by atoms with Gasteiger partial charge in [-0.3, -0.25) is 4.79 Å². The van der Waals surface area contributed by atoms with Crippen LogP contribution < -0.4 is 14.8 Å². The highest BCUT2D eigenvalue weighted by Gasteiger charge is 2.20. The number of benzene rings is 2. The lowest BCUT2D eigenvalue weighted by Gasteiger charge is -2.10. The molecule has 0 radical (unpaired) electrons. The minimum atomic E-state index is -0.454. The van der Waals surface area contributed by atoms with Gasteiger partial charge in [0.2, 0.25) is 5.91 Å². The molecule has 3 aromatic rings. The summed E-state index contributed by atoms with van der Waals surface area (Å²) in [5, 5.41) is 11.2. The van der Waals surface area contributed by atoms with Crippen molar-refractivity contribution in [3.05, 3.63) is 47.5 Å². The van der Waals surface area contributed by atoms with Gasteiger partial charge in [-0.25, -0.2) is 0 Å². The van der Waals surface area contributed by atoms with Gasteiger partial charge >= 0.3 is 0 Å². The summed E-state index contributed by atoms with van der Waals surface area (Å²) in [6.45, 7) is 1.75. The number of rotatable bonds is 7. The highest BCUT2D eigenvalue weighted by atomic mass is 35.5. The number of nitrogens with one attached hydrogen (secondary N) is 1. The molecular weight excluding hydrogens is 402 g/mol. The van der Waals surface area contributed by atoms with E-state index in [0.29, 0.717) is 33.7 Å². The lowest BCUT2D eigenvalue weighted by Crippen LogP contribution is -2.22. The van der Waals surface area contributed by atoms with Gasteiger partial charge in [-0.1, -0.05) is 29.4 Å². The molecule has 1 heterocycles. The number of ether oxygens (including phenoxy) is 2. The molecule has 0 bridgehead atoms. The monoisotopic (exact) mass is 419 g/mol. The van der Waals surface area contributed by atoms with Gasteiger partial charge in [0.25, 0.3) is 11.1 Å². The molecule has 0 aliphatic rings. The fraction of sp³-hybridized carbons (Fsp3) is 0.211. The molecule has 146 valence electrons. The molecule has 1 unspecified atom stereocenters. The van der Waals surface area contributed by atoms with Crippen LogP contribution >= 0.6 is 23.4 Å². The van der Waals surface area contributed by atoms with E-state index in [1.165, 1.54) is 0 Å². The Labute approximate surface area is 171 Å². The van der Waals surface area contributed by atoms with Crippen LogP contribution in [0.3, 0.4) is 0 Å². The number of aromatic nitrogens is 2. The number of carbonyl (C=O) groups is 1. The molecule has 9 heteroatoms. The number of anilines is 1. The molecule has 0 spiro atoms. The summed E-state index contributed by atoms with van der Waals surface area (Å²) in [7, 11) is 3.12. The SMILES string of the molecule is COc1ccc(-c2nnc(SC(C)C(=O)Nc3cccc(Cl)c3)o2)c(OC)c1. The predicted octanol–water partition coefficient (Wildman–Crippen LogP) is 4.53. The molecule has 0 saturated heterocycles. The minimum Gasteiger partial charge on any atom is -0.497 e. The van der Waals surface area contributed by atoms with Crippen molar-refractivity contribution in [2.75, 3.05) is 19.5 Å². The molecular formula is C19H18ClN3O4S. The molecule has 1 atom stereocenters. The Morgan fingerprint density at radius 2 is 2.00 bits per heavy atom. The second-order valence-corrected chi connectivity index (χ2v) is 7.43.